The maximum Gasteiger partial charge on any atom is 0.243 e. The van der Waals surface area contributed by atoms with E-state index in [1.165, 1.54) is 36.2 Å². The van der Waals surface area contributed by atoms with Crippen molar-refractivity contribution in [2.45, 2.75) is 44.3 Å². The Balaban J connectivity index is 2.27. The third kappa shape index (κ3) is 6.93. The SMILES string of the molecule is CC(C)NC(=O)[C@H](C)N(Cc1cccc(Cl)c1)C(=O)CN(C)S(=O)(=O)c1ccc(Cl)cc1. The summed E-state index contributed by atoms with van der Waals surface area (Å²) >= 11 is 11.9. The van der Waals surface area contributed by atoms with Crippen LogP contribution in [0.1, 0.15) is 26.3 Å². The molecule has 2 aromatic rings. The molecule has 0 bridgehead atoms. The van der Waals surface area contributed by atoms with Crippen molar-refractivity contribution in [2.24, 2.45) is 0 Å². The van der Waals surface area contributed by atoms with E-state index in [0.29, 0.717) is 10.0 Å². The highest BCUT2D eigenvalue weighted by Crippen LogP contribution is 2.19. The predicted molar refractivity (Wildman–Crippen MR) is 126 cm³/mol. The number of amides is 2. The molecule has 0 unspecified atom stereocenters. The third-order valence-electron chi connectivity index (χ3n) is 4.72. The summed E-state index contributed by atoms with van der Waals surface area (Å²) in [6, 6.07) is 11.7. The first-order chi connectivity index (χ1) is 14.9. The van der Waals surface area contributed by atoms with Gasteiger partial charge < -0.3 is 10.2 Å². The first-order valence-electron chi connectivity index (χ1n) is 9.98. The Morgan fingerprint density at radius 1 is 1.00 bits per heavy atom. The summed E-state index contributed by atoms with van der Waals surface area (Å²) in [5.74, 6) is -0.852. The Morgan fingerprint density at radius 3 is 2.19 bits per heavy atom. The fourth-order valence-electron chi connectivity index (χ4n) is 2.97. The minimum absolute atomic E-state index is 0.0178. The lowest BCUT2D eigenvalue weighted by Crippen LogP contribution is -2.51. The number of rotatable bonds is 9. The molecule has 32 heavy (non-hydrogen) atoms. The maximum atomic E-state index is 13.2. The Labute approximate surface area is 199 Å². The van der Waals surface area contributed by atoms with Gasteiger partial charge in [-0.2, -0.15) is 4.31 Å². The van der Waals surface area contributed by atoms with E-state index < -0.39 is 28.5 Å². The number of hydrogen-bond donors (Lipinski definition) is 1. The van der Waals surface area contributed by atoms with Crippen molar-refractivity contribution in [2.75, 3.05) is 13.6 Å². The second-order valence-corrected chi connectivity index (χ2v) is 10.6. The van der Waals surface area contributed by atoms with Gasteiger partial charge >= 0.3 is 0 Å². The zero-order chi connectivity index (χ0) is 24.1. The standard InChI is InChI=1S/C22H27Cl2N3O4S/c1-15(2)25-22(29)16(3)27(13-17-6-5-7-19(24)12-17)21(28)14-26(4)32(30,31)20-10-8-18(23)9-11-20/h5-12,15-16H,13-14H2,1-4H3,(H,25,29)/t16-/m0/s1. The molecule has 0 aromatic heterocycles. The minimum atomic E-state index is -3.92. The number of likely N-dealkylation sites (N-methyl/N-ethyl adjacent to an activating group) is 1. The lowest BCUT2D eigenvalue weighted by atomic mass is 10.1. The van der Waals surface area contributed by atoms with Gasteiger partial charge in [-0.05, 0) is 62.7 Å². The maximum absolute atomic E-state index is 13.2. The van der Waals surface area contributed by atoms with Crippen LogP contribution in [0, 0.1) is 0 Å². The van der Waals surface area contributed by atoms with Crippen molar-refractivity contribution in [1.82, 2.24) is 14.5 Å². The molecule has 0 saturated carbocycles. The van der Waals surface area contributed by atoms with Crippen LogP contribution in [0.25, 0.3) is 0 Å². The number of nitrogens with one attached hydrogen (secondary N) is 1. The van der Waals surface area contributed by atoms with Gasteiger partial charge in [0.05, 0.1) is 11.4 Å². The van der Waals surface area contributed by atoms with E-state index in [9.17, 15) is 18.0 Å². The zero-order valence-corrected chi connectivity index (χ0v) is 20.7. The summed E-state index contributed by atoms with van der Waals surface area (Å²) in [4.78, 5) is 27.2. The second-order valence-electron chi connectivity index (χ2n) is 7.71. The number of carbonyl (C=O) groups is 2. The van der Waals surface area contributed by atoms with Crippen molar-refractivity contribution < 1.29 is 18.0 Å². The predicted octanol–water partition coefficient (Wildman–Crippen LogP) is 3.56. The highest BCUT2D eigenvalue weighted by atomic mass is 35.5. The molecule has 0 aliphatic carbocycles. The molecule has 0 radical (unpaired) electrons. The zero-order valence-electron chi connectivity index (χ0n) is 18.4. The van der Waals surface area contributed by atoms with E-state index in [1.54, 1.807) is 31.2 Å². The summed E-state index contributed by atoms with van der Waals surface area (Å²) < 4.78 is 26.7. The molecular formula is C22H27Cl2N3O4S. The van der Waals surface area contributed by atoms with Crippen LogP contribution in [0.15, 0.2) is 53.4 Å². The summed E-state index contributed by atoms with van der Waals surface area (Å²) in [7, 11) is -2.61. The number of hydrogen-bond acceptors (Lipinski definition) is 4. The lowest BCUT2D eigenvalue weighted by Gasteiger charge is -2.30. The molecule has 0 fully saturated rings. The van der Waals surface area contributed by atoms with Crippen LogP contribution in [-0.4, -0.2) is 55.1 Å². The van der Waals surface area contributed by atoms with Crippen molar-refractivity contribution in [1.29, 1.82) is 0 Å². The van der Waals surface area contributed by atoms with E-state index in [-0.39, 0.29) is 23.4 Å². The second kappa shape index (κ2) is 11.1. The fraction of sp³-hybridized carbons (Fsp3) is 0.364. The number of sulfonamides is 1. The van der Waals surface area contributed by atoms with Gasteiger partial charge in [0, 0.05) is 29.7 Å². The number of benzene rings is 2. The summed E-state index contributed by atoms with van der Waals surface area (Å²) in [6.07, 6.45) is 0. The van der Waals surface area contributed by atoms with E-state index in [4.69, 9.17) is 23.2 Å². The van der Waals surface area contributed by atoms with Gasteiger partial charge in [0.15, 0.2) is 0 Å². The molecule has 0 aliphatic rings. The van der Waals surface area contributed by atoms with E-state index in [1.807, 2.05) is 13.8 Å². The molecule has 0 spiro atoms. The average Bonchev–Trinajstić information content (AvgIpc) is 2.71. The van der Waals surface area contributed by atoms with Crippen LogP contribution in [0.3, 0.4) is 0 Å². The Hall–Kier alpha value is -2.13. The van der Waals surface area contributed by atoms with Crippen molar-refractivity contribution >= 4 is 45.0 Å². The molecule has 2 aromatic carbocycles. The van der Waals surface area contributed by atoms with Crippen LogP contribution in [0.4, 0.5) is 0 Å². The summed E-state index contributed by atoms with van der Waals surface area (Å²) in [6.45, 7) is 4.90. The summed E-state index contributed by atoms with van der Waals surface area (Å²) in [5.41, 5.74) is 0.721. The highest BCUT2D eigenvalue weighted by molar-refractivity contribution is 7.89. The van der Waals surface area contributed by atoms with Gasteiger partial charge in [-0.15, -0.1) is 0 Å². The van der Waals surface area contributed by atoms with Gasteiger partial charge in [0.25, 0.3) is 0 Å². The monoisotopic (exact) mass is 499 g/mol. The molecule has 10 heteroatoms. The molecule has 2 rings (SSSR count). The van der Waals surface area contributed by atoms with Crippen molar-refractivity contribution in [3.05, 3.63) is 64.1 Å². The number of carbonyl (C=O) groups excluding carboxylic acids is 2. The van der Waals surface area contributed by atoms with E-state index in [0.717, 1.165) is 9.87 Å². The fourth-order valence-corrected chi connectivity index (χ4v) is 4.43. The van der Waals surface area contributed by atoms with E-state index in [2.05, 4.69) is 5.32 Å². The number of nitrogens with zero attached hydrogens (tertiary/aromatic N) is 2. The normalized spacial score (nSPS) is 12.6. The van der Waals surface area contributed by atoms with Gasteiger partial charge in [-0.25, -0.2) is 8.42 Å². The Kier molecular flexibility index (Phi) is 9.09. The molecule has 0 aliphatic heterocycles. The average molecular weight is 500 g/mol. The molecule has 2 amide bonds. The third-order valence-corrected chi connectivity index (χ3v) is 7.02. The van der Waals surface area contributed by atoms with Crippen LogP contribution < -0.4 is 5.32 Å². The van der Waals surface area contributed by atoms with Crippen LogP contribution in [0.2, 0.25) is 10.0 Å². The van der Waals surface area contributed by atoms with Gasteiger partial charge in [0.1, 0.15) is 6.04 Å². The lowest BCUT2D eigenvalue weighted by molar-refractivity contribution is -0.140. The first kappa shape index (κ1) is 26.1. The van der Waals surface area contributed by atoms with E-state index >= 15 is 0 Å². The highest BCUT2D eigenvalue weighted by Gasteiger charge is 2.30. The molecular weight excluding hydrogens is 473 g/mol. The topological polar surface area (TPSA) is 86.8 Å². The molecule has 0 saturated heterocycles. The van der Waals surface area contributed by atoms with Gasteiger partial charge in [0.2, 0.25) is 21.8 Å². The van der Waals surface area contributed by atoms with Gasteiger partial charge in [-0.1, -0.05) is 35.3 Å². The molecule has 1 atom stereocenters. The van der Waals surface area contributed by atoms with Crippen LogP contribution >= 0.6 is 23.2 Å². The van der Waals surface area contributed by atoms with Crippen molar-refractivity contribution in [3.63, 3.8) is 0 Å². The van der Waals surface area contributed by atoms with Gasteiger partial charge in [-0.3, -0.25) is 9.59 Å². The molecule has 7 nitrogen and oxygen atoms in total. The first-order valence-corrected chi connectivity index (χ1v) is 12.2. The largest absolute Gasteiger partial charge is 0.352 e. The number of halogens is 2. The molecule has 174 valence electrons. The van der Waals surface area contributed by atoms with Crippen LogP contribution in [0.5, 0.6) is 0 Å². The quantitative estimate of drug-likeness (QED) is 0.571. The van der Waals surface area contributed by atoms with Crippen molar-refractivity contribution in [3.8, 4) is 0 Å². The Bertz CT molecular complexity index is 1060. The van der Waals surface area contributed by atoms with Crippen LogP contribution in [-0.2, 0) is 26.2 Å². The molecule has 1 N–H and O–H groups in total. The summed E-state index contributed by atoms with van der Waals surface area (Å²) in [5, 5.41) is 3.69. The Morgan fingerprint density at radius 2 is 1.62 bits per heavy atom. The minimum Gasteiger partial charge on any atom is -0.352 e. The molecule has 0 heterocycles. The smallest absolute Gasteiger partial charge is 0.243 e.